The molecular formula is C13H15ClN4OS. The van der Waals surface area contributed by atoms with Crippen LogP contribution in [0.3, 0.4) is 0 Å². The number of rotatable bonds is 2. The Morgan fingerprint density at radius 3 is 2.95 bits per heavy atom. The molecule has 20 heavy (non-hydrogen) atoms. The molecule has 1 unspecified atom stereocenters. The lowest BCUT2D eigenvalue weighted by Crippen LogP contribution is -2.52. The number of amides is 2. The summed E-state index contributed by atoms with van der Waals surface area (Å²) in [5.41, 5.74) is 7.34. The number of anilines is 1. The molecule has 0 bridgehead atoms. The first-order chi connectivity index (χ1) is 9.56. The topological polar surface area (TPSA) is 61.6 Å². The van der Waals surface area contributed by atoms with E-state index in [9.17, 15) is 4.79 Å². The third kappa shape index (κ3) is 2.29. The van der Waals surface area contributed by atoms with E-state index in [0.717, 1.165) is 24.3 Å². The molecule has 1 aromatic rings. The van der Waals surface area contributed by atoms with Gasteiger partial charge in [-0.3, -0.25) is 0 Å². The molecule has 3 rings (SSSR count). The lowest BCUT2D eigenvalue weighted by molar-refractivity contribution is 0.197. The van der Waals surface area contributed by atoms with Crippen LogP contribution in [0.4, 0.5) is 10.5 Å². The highest BCUT2D eigenvalue weighted by Crippen LogP contribution is 2.29. The summed E-state index contributed by atoms with van der Waals surface area (Å²) in [6.45, 7) is 2.96. The number of halogens is 1. The van der Waals surface area contributed by atoms with Gasteiger partial charge in [0.25, 0.3) is 0 Å². The van der Waals surface area contributed by atoms with Crippen LogP contribution in [0.15, 0.2) is 18.2 Å². The number of benzene rings is 1. The van der Waals surface area contributed by atoms with Crippen molar-refractivity contribution in [2.24, 2.45) is 5.73 Å². The van der Waals surface area contributed by atoms with Crippen LogP contribution in [0.25, 0.3) is 0 Å². The van der Waals surface area contributed by atoms with Gasteiger partial charge in [-0.2, -0.15) is 0 Å². The number of thiocarbonyl (C=S) groups is 1. The molecule has 2 fully saturated rings. The van der Waals surface area contributed by atoms with E-state index < -0.39 is 0 Å². The zero-order chi connectivity index (χ0) is 14.3. The number of nitrogens with two attached hydrogens (primary N) is 1. The maximum absolute atomic E-state index is 11.6. The van der Waals surface area contributed by atoms with Crippen LogP contribution in [0, 0.1) is 0 Å². The van der Waals surface area contributed by atoms with Crippen LogP contribution in [-0.2, 0) is 0 Å². The molecule has 106 valence electrons. The number of piperazine rings is 1. The van der Waals surface area contributed by atoms with Crippen molar-refractivity contribution >= 4 is 40.5 Å². The third-order valence-electron chi connectivity index (χ3n) is 3.81. The monoisotopic (exact) mass is 310 g/mol. The van der Waals surface area contributed by atoms with Crippen LogP contribution >= 0.6 is 23.8 Å². The SMILES string of the molecule is NC(=S)c1ccc(N2CCN3C(=O)NCC3C2)c(Cl)c1. The highest BCUT2D eigenvalue weighted by molar-refractivity contribution is 7.80. The van der Waals surface area contributed by atoms with Crippen molar-refractivity contribution in [3.8, 4) is 0 Å². The second-order valence-electron chi connectivity index (χ2n) is 5.01. The molecule has 0 radical (unpaired) electrons. The van der Waals surface area contributed by atoms with Gasteiger partial charge >= 0.3 is 6.03 Å². The first kappa shape index (κ1) is 13.5. The Kier molecular flexibility index (Phi) is 3.43. The standard InChI is InChI=1S/C13H15ClN4OS/c14-10-5-8(12(15)20)1-2-11(10)17-3-4-18-9(7-17)6-16-13(18)19/h1-2,5,9H,3-4,6-7H2,(H2,15,20)(H,16,19). The van der Waals surface area contributed by atoms with E-state index >= 15 is 0 Å². The molecular weight excluding hydrogens is 296 g/mol. The predicted molar refractivity (Wildman–Crippen MR) is 83.4 cm³/mol. The van der Waals surface area contributed by atoms with Crippen LogP contribution in [0.1, 0.15) is 5.56 Å². The summed E-state index contributed by atoms with van der Waals surface area (Å²) >= 11 is 11.3. The Balaban J connectivity index is 1.80. The largest absolute Gasteiger partial charge is 0.389 e. The fourth-order valence-corrected chi connectivity index (χ4v) is 3.17. The summed E-state index contributed by atoms with van der Waals surface area (Å²) in [6.07, 6.45) is 0. The Morgan fingerprint density at radius 2 is 2.25 bits per heavy atom. The van der Waals surface area contributed by atoms with E-state index in [-0.39, 0.29) is 12.1 Å². The molecule has 0 aliphatic carbocycles. The molecule has 1 atom stereocenters. The van der Waals surface area contributed by atoms with Crippen molar-refractivity contribution in [2.45, 2.75) is 6.04 Å². The second-order valence-corrected chi connectivity index (χ2v) is 5.86. The summed E-state index contributed by atoms with van der Waals surface area (Å²) in [6, 6.07) is 5.86. The number of hydrogen-bond donors (Lipinski definition) is 2. The smallest absolute Gasteiger partial charge is 0.317 e. The van der Waals surface area contributed by atoms with Crippen LogP contribution in [-0.4, -0.2) is 48.1 Å². The van der Waals surface area contributed by atoms with Gasteiger partial charge < -0.3 is 20.9 Å². The van der Waals surface area contributed by atoms with E-state index in [1.807, 2.05) is 17.0 Å². The molecule has 0 spiro atoms. The van der Waals surface area contributed by atoms with Crippen LogP contribution in [0.5, 0.6) is 0 Å². The van der Waals surface area contributed by atoms with Crippen LogP contribution < -0.4 is 16.0 Å². The Hall–Kier alpha value is -1.53. The van der Waals surface area contributed by atoms with Gasteiger partial charge in [-0.05, 0) is 18.2 Å². The van der Waals surface area contributed by atoms with Gasteiger partial charge in [0.1, 0.15) is 4.99 Å². The minimum Gasteiger partial charge on any atom is -0.389 e. The van der Waals surface area contributed by atoms with Crippen molar-refractivity contribution in [3.05, 3.63) is 28.8 Å². The minimum absolute atomic E-state index is 0.0320. The lowest BCUT2D eigenvalue weighted by Gasteiger charge is -2.38. The van der Waals surface area contributed by atoms with Gasteiger partial charge in [0.05, 0.1) is 16.8 Å². The van der Waals surface area contributed by atoms with Gasteiger partial charge in [0.2, 0.25) is 0 Å². The van der Waals surface area contributed by atoms with E-state index in [0.29, 0.717) is 23.1 Å². The lowest BCUT2D eigenvalue weighted by atomic mass is 10.1. The van der Waals surface area contributed by atoms with Gasteiger partial charge in [0.15, 0.2) is 0 Å². The quantitative estimate of drug-likeness (QED) is 0.806. The molecule has 2 aliphatic rings. The first-order valence-electron chi connectivity index (χ1n) is 6.45. The highest BCUT2D eigenvalue weighted by Gasteiger charge is 2.35. The molecule has 2 saturated heterocycles. The van der Waals surface area contributed by atoms with Gasteiger partial charge in [-0.25, -0.2) is 4.79 Å². The number of fused-ring (bicyclic) bond motifs is 1. The maximum atomic E-state index is 11.6. The Bertz CT molecular complexity index is 579. The molecule has 0 saturated carbocycles. The van der Waals surface area contributed by atoms with Crippen LogP contribution in [0.2, 0.25) is 5.02 Å². The zero-order valence-corrected chi connectivity index (χ0v) is 12.4. The predicted octanol–water partition coefficient (Wildman–Crippen LogP) is 1.19. The normalized spacial score (nSPS) is 21.6. The number of carbonyl (C=O) groups excluding carboxylic acids is 1. The van der Waals surface area contributed by atoms with Crippen molar-refractivity contribution < 1.29 is 4.79 Å². The summed E-state index contributed by atoms with van der Waals surface area (Å²) in [5.74, 6) is 0. The number of urea groups is 1. The van der Waals surface area contributed by atoms with Gasteiger partial charge in [-0.1, -0.05) is 23.8 Å². The van der Waals surface area contributed by atoms with Gasteiger partial charge in [0, 0.05) is 31.7 Å². The fraction of sp³-hybridized carbons (Fsp3) is 0.385. The van der Waals surface area contributed by atoms with E-state index in [1.54, 1.807) is 6.07 Å². The van der Waals surface area contributed by atoms with E-state index in [1.165, 1.54) is 0 Å². The Labute approximate surface area is 127 Å². The molecule has 1 aromatic carbocycles. The van der Waals surface area contributed by atoms with Crippen molar-refractivity contribution in [1.82, 2.24) is 10.2 Å². The maximum Gasteiger partial charge on any atom is 0.317 e. The zero-order valence-electron chi connectivity index (χ0n) is 10.8. The first-order valence-corrected chi connectivity index (χ1v) is 7.23. The van der Waals surface area contributed by atoms with Gasteiger partial charge in [-0.15, -0.1) is 0 Å². The van der Waals surface area contributed by atoms with Crippen molar-refractivity contribution in [2.75, 3.05) is 31.1 Å². The van der Waals surface area contributed by atoms with Crippen molar-refractivity contribution in [1.29, 1.82) is 0 Å². The Morgan fingerprint density at radius 1 is 1.45 bits per heavy atom. The molecule has 2 amide bonds. The summed E-state index contributed by atoms with van der Waals surface area (Å²) < 4.78 is 0. The van der Waals surface area contributed by atoms with Crippen molar-refractivity contribution in [3.63, 3.8) is 0 Å². The summed E-state index contributed by atoms with van der Waals surface area (Å²) in [7, 11) is 0. The molecule has 5 nitrogen and oxygen atoms in total. The number of nitrogens with zero attached hydrogens (tertiary/aromatic N) is 2. The van der Waals surface area contributed by atoms with E-state index in [4.69, 9.17) is 29.6 Å². The highest BCUT2D eigenvalue weighted by atomic mass is 35.5. The summed E-state index contributed by atoms with van der Waals surface area (Å²) in [5, 5.41) is 3.51. The second kappa shape index (κ2) is 5.10. The number of hydrogen-bond acceptors (Lipinski definition) is 3. The molecule has 2 aliphatic heterocycles. The molecule has 7 heteroatoms. The third-order valence-corrected chi connectivity index (χ3v) is 4.34. The number of carbonyl (C=O) groups is 1. The average molecular weight is 311 g/mol. The minimum atomic E-state index is 0.0320. The fourth-order valence-electron chi connectivity index (χ4n) is 2.74. The molecule has 0 aromatic heterocycles. The van der Waals surface area contributed by atoms with E-state index in [2.05, 4.69) is 10.2 Å². The molecule has 3 N–H and O–H groups in total. The summed E-state index contributed by atoms with van der Waals surface area (Å²) in [4.78, 5) is 16.0. The number of nitrogens with one attached hydrogen (secondary N) is 1. The molecule has 2 heterocycles. The average Bonchev–Trinajstić information content (AvgIpc) is 2.79.